The van der Waals surface area contributed by atoms with Crippen LogP contribution in [0.15, 0.2) is 55.0 Å². The van der Waals surface area contributed by atoms with Gasteiger partial charge in [0.25, 0.3) is 5.91 Å². The molecule has 0 atom stereocenters. The Labute approximate surface area is 221 Å². The van der Waals surface area contributed by atoms with Crippen LogP contribution in [0.1, 0.15) is 36.2 Å². The Balaban J connectivity index is 1.33. The topological polar surface area (TPSA) is 177 Å². The molecule has 0 radical (unpaired) electrons. The standard InChI is InChI=1S/C25H25FN12O/c26-18-12-28-10-9-19(18)32-25(39)21-13-29-24-20(30-16-5-1-14(2-6-16)23-33-36-37-34-23)11-22(35-38(21)24)31-17-7-3-15(27)4-8-17/h1-2,5-6,9-13,15,17,30H,3-4,7-8,27H2,(H,31,35)(H,28,32,39)(H,33,34,36,37). The first kappa shape index (κ1) is 24.4. The second-order valence-electron chi connectivity index (χ2n) is 9.33. The lowest BCUT2D eigenvalue weighted by molar-refractivity contribution is 0.102. The lowest BCUT2D eigenvalue weighted by Gasteiger charge is -2.27. The molecule has 1 fully saturated rings. The van der Waals surface area contributed by atoms with E-state index in [-0.39, 0.29) is 23.5 Å². The number of aromatic nitrogens is 8. The zero-order chi connectivity index (χ0) is 26.8. The molecule has 5 aromatic rings. The van der Waals surface area contributed by atoms with Crippen LogP contribution in [0.4, 0.5) is 27.3 Å². The number of nitrogens with one attached hydrogen (secondary N) is 4. The monoisotopic (exact) mass is 528 g/mol. The molecule has 4 aromatic heterocycles. The van der Waals surface area contributed by atoms with E-state index in [9.17, 15) is 9.18 Å². The van der Waals surface area contributed by atoms with Gasteiger partial charge < -0.3 is 21.7 Å². The fourth-order valence-corrected chi connectivity index (χ4v) is 4.56. The van der Waals surface area contributed by atoms with Crippen molar-refractivity contribution >= 4 is 34.4 Å². The third-order valence-corrected chi connectivity index (χ3v) is 6.61. The molecular weight excluding hydrogens is 503 g/mol. The third kappa shape index (κ3) is 5.22. The fourth-order valence-electron chi connectivity index (χ4n) is 4.56. The van der Waals surface area contributed by atoms with Crippen LogP contribution in [0.3, 0.4) is 0 Å². The molecule has 4 heterocycles. The van der Waals surface area contributed by atoms with Gasteiger partial charge in [0, 0.05) is 35.6 Å². The van der Waals surface area contributed by atoms with E-state index in [1.807, 2.05) is 30.3 Å². The molecule has 1 aromatic carbocycles. The summed E-state index contributed by atoms with van der Waals surface area (Å²) in [6, 6.07) is 11.1. The number of H-pyrrole nitrogens is 1. The minimum absolute atomic E-state index is 0.0119. The lowest BCUT2D eigenvalue weighted by atomic mass is 9.92. The van der Waals surface area contributed by atoms with Crippen molar-refractivity contribution in [2.75, 3.05) is 16.0 Å². The summed E-state index contributed by atoms with van der Waals surface area (Å²) in [7, 11) is 0. The number of aromatic amines is 1. The molecule has 1 aliphatic rings. The van der Waals surface area contributed by atoms with Gasteiger partial charge in [0.15, 0.2) is 17.2 Å². The highest BCUT2D eigenvalue weighted by Crippen LogP contribution is 2.28. The average Bonchev–Trinajstić information content (AvgIpc) is 3.63. The van der Waals surface area contributed by atoms with Crippen LogP contribution in [0, 0.1) is 5.82 Å². The van der Waals surface area contributed by atoms with Crippen molar-refractivity contribution < 1.29 is 9.18 Å². The lowest BCUT2D eigenvalue weighted by Crippen LogP contribution is -2.33. The number of amides is 1. The smallest absolute Gasteiger partial charge is 0.276 e. The third-order valence-electron chi connectivity index (χ3n) is 6.61. The highest BCUT2D eigenvalue weighted by atomic mass is 19.1. The zero-order valence-corrected chi connectivity index (χ0v) is 20.7. The maximum atomic E-state index is 14.1. The van der Waals surface area contributed by atoms with E-state index in [1.165, 1.54) is 23.0 Å². The van der Waals surface area contributed by atoms with Crippen molar-refractivity contribution in [1.29, 1.82) is 0 Å². The number of imidazole rings is 1. The van der Waals surface area contributed by atoms with Crippen molar-refractivity contribution in [2.45, 2.75) is 37.8 Å². The maximum absolute atomic E-state index is 14.1. The van der Waals surface area contributed by atoms with Crippen LogP contribution < -0.4 is 21.7 Å². The van der Waals surface area contributed by atoms with E-state index < -0.39 is 11.7 Å². The molecule has 6 rings (SSSR count). The number of nitrogens with zero attached hydrogens (tertiary/aromatic N) is 7. The number of carbonyl (C=O) groups excluding carboxylic acids is 1. The number of fused-ring (bicyclic) bond motifs is 1. The molecule has 0 unspecified atom stereocenters. The maximum Gasteiger partial charge on any atom is 0.276 e. The van der Waals surface area contributed by atoms with E-state index in [4.69, 9.17) is 5.73 Å². The summed E-state index contributed by atoms with van der Waals surface area (Å²) < 4.78 is 15.6. The molecule has 1 saturated carbocycles. The summed E-state index contributed by atoms with van der Waals surface area (Å²) in [4.78, 5) is 21.3. The van der Waals surface area contributed by atoms with Gasteiger partial charge in [-0.1, -0.05) is 0 Å². The van der Waals surface area contributed by atoms with Gasteiger partial charge in [0.2, 0.25) is 5.82 Å². The minimum atomic E-state index is -0.642. The first-order valence-corrected chi connectivity index (χ1v) is 12.5. The van der Waals surface area contributed by atoms with Gasteiger partial charge in [-0.05, 0) is 61.2 Å². The largest absolute Gasteiger partial charge is 0.366 e. The van der Waals surface area contributed by atoms with Gasteiger partial charge in [-0.15, -0.1) is 15.3 Å². The SMILES string of the molecule is NC1CCC(Nc2cc(Nc3ccc(-c4nn[nH]n4)cc3)c3ncc(C(=O)Nc4ccncc4F)n3n2)CC1. The van der Waals surface area contributed by atoms with Gasteiger partial charge in [-0.25, -0.2) is 13.9 Å². The quantitative estimate of drug-likeness (QED) is 0.211. The summed E-state index contributed by atoms with van der Waals surface area (Å²) in [5.74, 6) is -0.148. The Bertz CT molecular complexity index is 1590. The molecule has 1 aliphatic carbocycles. The first-order chi connectivity index (χ1) is 19.0. The van der Waals surface area contributed by atoms with E-state index in [2.05, 4.69) is 51.6 Å². The Morgan fingerprint density at radius 1 is 1.08 bits per heavy atom. The summed E-state index contributed by atoms with van der Waals surface area (Å²) in [6.07, 6.45) is 7.52. The van der Waals surface area contributed by atoms with Gasteiger partial charge in [-0.2, -0.15) is 5.21 Å². The molecular formula is C25H25FN12O. The van der Waals surface area contributed by atoms with Crippen molar-refractivity contribution in [3.8, 4) is 11.4 Å². The van der Waals surface area contributed by atoms with Crippen molar-refractivity contribution in [2.24, 2.45) is 5.73 Å². The highest BCUT2D eigenvalue weighted by molar-refractivity contribution is 6.03. The van der Waals surface area contributed by atoms with E-state index in [0.29, 0.717) is 23.0 Å². The molecule has 0 aliphatic heterocycles. The van der Waals surface area contributed by atoms with Crippen molar-refractivity contribution in [3.63, 3.8) is 0 Å². The predicted molar refractivity (Wildman–Crippen MR) is 142 cm³/mol. The number of tetrazole rings is 1. The van der Waals surface area contributed by atoms with Crippen LogP contribution in [-0.2, 0) is 0 Å². The van der Waals surface area contributed by atoms with Crippen LogP contribution >= 0.6 is 0 Å². The highest BCUT2D eigenvalue weighted by Gasteiger charge is 2.22. The number of hydrogen-bond donors (Lipinski definition) is 5. The summed E-state index contributed by atoms with van der Waals surface area (Å²) in [6.45, 7) is 0. The molecule has 39 heavy (non-hydrogen) atoms. The molecule has 1 amide bonds. The van der Waals surface area contributed by atoms with E-state index >= 15 is 0 Å². The van der Waals surface area contributed by atoms with Gasteiger partial charge in [-0.3, -0.25) is 9.78 Å². The number of nitrogens with two attached hydrogens (primary N) is 1. The van der Waals surface area contributed by atoms with E-state index in [0.717, 1.165) is 43.1 Å². The second-order valence-corrected chi connectivity index (χ2v) is 9.33. The molecule has 6 N–H and O–H groups in total. The number of benzene rings is 1. The molecule has 14 heteroatoms. The Morgan fingerprint density at radius 3 is 2.64 bits per heavy atom. The van der Waals surface area contributed by atoms with Crippen molar-refractivity contribution in [3.05, 3.63) is 66.5 Å². The Hall–Kier alpha value is -4.98. The van der Waals surface area contributed by atoms with Crippen molar-refractivity contribution in [1.82, 2.24) is 40.2 Å². The van der Waals surface area contributed by atoms with Crippen LogP contribution in [0.25, 0.3) is 17.0 Å². The van der Waals surface area contributed by atoms with E-state index in [1.54, 1.807) is 0 Å². The molecule has 198 valence electrons. The van der Waals surface area contributed by atoms with Crippen LogP contribution in [-0.4, -0.2) is 58.2 Å². The summed E-state index contributed by atoms with van der Waals surface area (Å²) >= 11 is 0. The molecule has 0 bridgehead atoms. The number of halogens is 1. The van der Waals surface area contributed by atoms with Gasteiger partial charge >= 0.3 is 0 Å². The summed E-state index contributed by atoms with van der Waals surface area (Å²) in [5, 5.41) is 28.1. The second kappa shape index (κ2) is 10.4. The van der Waals surface area contributed by atoms with Gasteiger partial charge in [0.05, 0.1) is 23.8 Å². The molecule has 0 saturated heterocycles. The molecule has 13 nitrogen and oxygen atoms in total. The average molecular weight is 529 g/mol. The zero-order valence-electron chi connectivity index (χ0n) is 20.7. The summed E-state index contributed by atoms with van der Waals surface area (Å²) in [5.41, 5.74) is 8.86. The first-order valence-electron chi connectivity index (χ1n) is 12.5. The van der Waals surface area contributed by atoms with Gasteiger partial charge in [0.1, 0.15) is 5.82 Å². The number of anilines is 4. The van der Waals surface area contributed by atoms with Crippen LogP contribution in [0.5, 0.6) is 0 Å². The molecule has 0 spiro atoms. The van der Waals surface area contributed by atoms with Crippen LogP contribution in [0.2, 0.25) is 0 Å². The number of pyridine rings is 1. The normalized spacial score (nSPS) is 17.2. The fraction of sp³-hybridized carbons (Fsp3) is 0.240. The Kier molecular flexibility index (Phi) is 6.50. The number of rotatable bonds is 7. The predicted octanol–water partition coefficient (Wildman–Crippen LogP) is 3.12. The number of hydrogen-bond acceptors (Lipinski definition) is 10. The number of carbonyl (C=O) groups is 1. The Morgan fingerprint density at radius 2 is 1.90 bits per heavy atom. The minimum Gasteiger partial charge on any atom is -0.366 e.